The van der Waals surface area contributed by atoms with E-state index in [1.165, 1.54) is 0 Å². The normalized spacial score (nSPS) is 20.3. The van der Waals surface area contributed by atoms with E-state index in [0.717, 1.165) is 19.3 Å². The molecule has 1 aliphatic carbocycles. The Labute approximate surface area is 70.3 Å². The molecule has 0 aromatic carbocycles. The van der Waals surface area contributed by atoms with Crippen LogP contribution >= 0.6 is 0 Å². The van der Waals surface area contributed by atoms with Crippen molar-refractivity contribution < 1.29 is 13.6 Å². The van der Waals surface area contributed by atoms with Crippen molar-refractivity contribution in [3.8, 4) is 0 Å². The molecule has 2 nitrogen and oxygen atoms in total. The van der Waals surface area contributed by atoms with Crippen LogP contribution in [-0.2, 0) is 4.79 Å². The van der Waals surface area contributed by atoms with Crippen molar-refractivity contribution >= 4 is 5.91 Å². The summed E-state index contributed by atoms with van der Waals surface area (Å²) in [6, 6.07) is 0. The summed E-state index contributed by atoms with van der Waals surface area (Å²) in [5.41, 5.74) is 0.0740. The highest BCUT2D eigenvalue weighted by Crippen LogP contribution is 2.39. The van der Waals surface area contributed by atoms with E-state index >= 15 is 0 Å². The average molecular weight is 177 g/mol. The largest absolute Gasteiger partial charge is 0.351 e. The quantitative estimate of drug-likeness (QED) is 0.696. The van der Waals surface area contributed by atoms with Crippen LogP contribution in [0.1, 0.15) is 26.2 Å². The fourth-order valence-corrected chi connectivity index (χ4v) is 1.33. The zero-order chi connectivity index (χ0) is 9.19. The molecular formula is C8H13F2NO. The minimum absolute atomic E-state index is 0.0740. The lowest BCUT2D eigenvalue weighted by atomic mass is 9.70. The Balaban J connectivity index is 2.21. The molecule has 1 amide bonds. The third-order valence-corrected chi connectivity index (χ3v) is 2.45. The second kappa shape index (κ2) is 3.37. The van der Waals surface area contributed by atoms with Crippen molar-refractivity contribution in [2.24, 2.45) is 5.41 Å². The molecule has 4 heteroatoms. The van der Waals surface area contributed by atoms with E-state index in [2.05, 4.69) is 5.32 Å². The number of carbonyl (C=O) groups excluding carboxylic acids is 1. The maximum absolute atomic E-state index is 11.7. The highest BCUT2D eigenvalue weighted by molar-refractivity contribution is 5.79. The van der Waals surface area contributed by atoms with Crippen LogP contribution in [-0.4, -0.2) is 18.9 Å². The molecule has 70 valence electrons. The summed E-state index contributed by atoms with van der Waals surface area (Å²) in [6.45, 7) is 2.39. The zero-order valence-electron chi connectivity index (χ0n) is 7.07. The first-order chi connectivity index (χ1) is 5.53. The van der Waals surface area contributed by atoms with Gasteiger partial charge in [-0.2, -0.15) is 8.78 Å². The highest BCUT2D eigenvalue weighted by Gasteiger charge is 2.32. The Bertz CT molecular complexity index is 178. The van der Waals surface area contributed by atoms with Gasteiger partial charge in [-0.3, -0.25) is 4.79 Å². The molecule has 12 heavy (non-hydrogen) atoms. The Morgan fingerprint density at radius 3 is 2.50 bits per heavy atom. The molecule has 0 aromatic rings. The van der Waals surface area contributed by atoms with Gasteiger partial charge in [-0.15, -0.1) is 0 Å². The smallest absolute Gasteiger partial charge is 0.315 e. The summed E-state index contributed by atoms with van der Waals surface area (Å²) in [6.07, 6.45) is 0.308. The molecule has 0 saturated heterocycles. The number of rotatable bonds is 3. The minimum atomic E-state index is -2.88. The number of halogens is 2. The van der Waals surface area contributed by atoms with E-state index in [-0.39, 0.29) is 5.41 Å². The summed E-state index contributed by atoms with van der Waals surface area (Å²) >= 11 is 0. The molecule has 1 saturated carbocycles. The van der Waals surface area contributed by atoms with E-state index in [4.69, 9.17) is 0 Å². The van der Waals surface area contributed by atoms with E-state index in [0.29, 0.717) is 6.54 Å². The maximum Gasteiger partial charge on any atom is 0.315 e. The van der Waals surface area contributed by atoms with Crippen LogP contribution in [0.25, 0.3) is 0 Å². The van der Waals surface area contributed by atoms with E-state index < -0.39 is 12.3 Å². The summed E-state index contributed by atoms with van der Waals surface area (Å²) in [5, 5.41) is 2.24. The third kappa shape index (κ3) is 2.16. The summed E-state index contributed by atoms with van der Waals surface area (Å²) in [5.74, 6) is -1.15. The molecule has 0 aliphatic heterocycles. The number of hydrogen-bond donors (Lipinski definition) is 1. The molecule has 0 spiro atoms. The standard InChI is InChI=1S/C8H13F2NO/c1-8(3-2-4-8)5-11-7(12)6(9)10/h6H,2-5H2,1H3,(H,11,12). The summed E-state index contributed by atoms with van der Waals surface area (Å²) in [7, 11) is 0. The van der Waals surface area contributed by atoms with Gasteiger partial charge in [-0.1, -0.05) is 13.3 Å². The van der Waals surface area contributed by atoms with Crippen LogP contribution in [0.2, 0.25) is 0 Å². The number of carbonyl (C=O) groups is 1. The molecule has 0 aromatic heterocycles. The molecule has 1 aliphatic rings. The Morgan fingerprint density at radius 2 is 2.17 bits per heavy atom. The molecule has 1 rings (SSSR count). The maximum atomic E-state index is 11.7. The molecule has 1 N–H and O–H groups in total. The number of nitrogens with one attached hydrogen (secondary N) is 1. The zero-order valence-corrected chi connectivity index (χ0v) is 7.07. The van der Waals surface area contributed by atoms with Gasteiger partial charge in [0.25, 0.3) is 5.91 Å². The molecule has 0 heterocycles. The number of alkyl halides is 2. The minimum Gasteiger partial charge on any atom is -0.351 e. The van der Waals surface area contributed by atoms with Crippen LogP contribution in [0.4, 0.5) is 8.78 Å². The Kier molecular flexibility index (Phi) is 2.65. The van der Waals surface area contributed by atoms with E-state index in [9.17, 15) is 13.6 Å². The van der Waals surface area contributed by atoms with Crippen LogP contribution in [0.3, 0.4) is 0 Å². The van der Waals surface area contributed by atoms with Crippen LogP contribution in [0, 0.1) is 5.41 Å². The van der Waals surface area contributed by atoms with Crippen LogP contribution in [0.15, 0.2) is 0 Å². The van der Waals surface area contributed by atoms with E-state index in [1.807, 2.05) is 6.92 Å². The van der Waals surface area contributed by atoms with Gasteiger partial charge in [0.05, 0.1) is 0 Å². The molecule has 0 unspecified atom stereocenters. The average Bonchev–Trinajstić information content (AvgIpc) is 1.96. The van der Waals surface area contributed by atoms with Crippen molar-refractivity contribution in [3.05, 3.63) is 0 Å². The van der Waals surface area contributed by atoms with Crippen molar-refractivity contribution in [1.29, 1.82) is 0 Å². The molecule has 1 fully saturated rings. The van der Waals surface area contributed by atoms with Gasteiger partial charge in [0, 0.05) is 6.54 Å². The third-order valence-electron chi connectivity index (χ3n) is 2.45. The second-order valence-corrected chi connectivity index (χ2v) is 3.68. The van der Waals surface area contributed by atoms with Gasteiger partial charge in [-0.05, 0) is 18.3 Å². The van der Waals surface area contributed by atoms with Gasteiger partial charge in [0.1, 0.15) is 0 Å². The lowest BCUT2D eigenvalue weighted by molar-refractivity contribution is -0.132. The molecule has 0 bridgehead atoms. The fourth-order valence-electron chi connectivity index (χ4n) is 1.33. The fraction of sp³-hybridized carbons (Fsp3) is 0.875. The molecule has 0 atom stereocenters. The van der Waals surface area contributed by atoms with Crippen molar-refractivity contribution in [1.82, 2.24) is 5.32 Å². The van der Waals surface area contributed by atoms with Crippen molar-refractivity contribution in [2.45, 2.75) is 32.6 Å². The van der Waals surface area contributed by atoms with E-state index in [1.54, 1.807) is 0 Å². The van der Waals surface area contributed by atoms with Gasteiger partial charge in [0.2, 0.25) is 0 Å². The molecule has 0 radical (unpaired) electrons. The monoisotopic (exact) mass is 177 g/mol. The van der Waals surface area contributed by atoms with Crippen molar-refractivity contribution in [3.63, 3.8) is 0 Å². The first-order valence-electron chi connectivity index (χ1n) is 4.09. The second-order valence-electron chi connectivity index (χ2n) is 3.68. The SMILES string of the molecule is CC1(CNC(=O)C(F)F)CCC1. The predicted molar refractivity (Wildman–Crippen MR) is 41.0 cm³/mol. The van der Waals surface area contributed by atoms with Crippen molar-refractivity contribution in [2.75, 3.05) is 6.54 Å². The Hall–Kier alpha value is -0.670. The van der Waals surface area contributed by atoms with Gasteiger partial charge in [-0.25, -0.2) is 0 Å². The predicted octanol–water partition coefficient (Wildman–Crippen LogP) is 1.56. The first-order valence-corrected chi connectivity index (χ1v) is 4.09. The lowest BCUT2D eigenvalue weighted by Gasteiger charge is -2.38. The number of amides is 1. The van der Waals surface area contributed by atoms with Gasteiger partial charge >= 0.3 is 6.43 Å². The lowest BCUT2D eigenvalue weighted by Crippen LogP contribution is -2.41. The van der Waals surface area contributed by atoms with Crippen LogP contribution in [0.5, 0.6) is 0 Å². The number of hydrogen-bond acceptors (Lipinski definition) is 1. The van der Waals surface area contributed by atoms with Gasteiger partial charge < -0.3 is 5.32 Å². The van der Waals surface area contributed by atoms with Gasteiger partial charge in [0.15, 0.2) is 0 Å². The summed E-state index contributed by atoms with van der Waals surface area (Å²) in [4.78, 5) is 10.5. The summed E-state index contributed by atoms with van der Waals surface area (Å²) < 4.78 is 23.4. The van der Waals surface area contributed by atoms with Crippen LogP contribution < -0.4 is 5.32 Å². The Morgan fingerprint density at radius 1 is 1.58 bits per heavy atom. The molecular weight excluding hydrogens is 164 g/mol. The first kappa shape index (κ1) is 9.42. The topological polar surface area (TPSA) is 29.1 Å². The highest BCUT2D eigenvalue weighted by atomic mass is 19.3.